The number of hydrogen-bond acceptors (Lipinski definition) is 9. The van der Waals surface area contributed by atoms with Gasteiger partial charge in [-0.2, -0.15) is 0 Å². The minimum Gasteiger partial charge on any atom is -0.362 e. The van der Waals surface area contributed by atoms with Gasteiger partial charge in [-0.1, -0.05) is 0 Å². The van der Waals surface area contributed by atoms with Crippen LogP contribution < -0.4 is 31.2 Å². The van der Waals surface area contributed by atoms with Gasteiger partial charge >= 0.3 is 34.7 Å². The number of aromatic nitrogens is 6. The van der Waals surface area contributed by atoms with E-state index < -0.39 is 0 Å². The van der Waals surface area contributed by atoms with Gasteiger partial charge in [0.25, 0.3) is 0 Å². The zero-order chi connectivity index (χ0) is 19.3. The molecule has 0 fully saturated rings. The lowest BCUT2D eigenvalue weighted by atomic mass is 9.99. The second kappa shape index (κ2) is 5.79. The van der Waals surface area contributed by atoms with Gasteiger partial charge in [-0.15, -0.1) is 0 Å². The smallest absolute Gasteiger partial charge is 0.304 e. The number of aryl methyl sites for hydroxylation is 3. The number of rotatable bonds is 3. The maximum atomic E-state index is 5.96. The van der Waals surface area contributed by atoms with Crippen LogP contribution in [0.25, 0.3) is 33.8 Å². The van der Waals surface area contributed by atoms with Crippen molar-refractivity contribution in [1.29, 1.82) is 0 Å². The Morgan fingerprint density at radius 3 is 1.04 bits per heavy atom. The molecule has 0 saturated carbocycles. The van der Waals surface area contributed by atoms with Crippen LogP contribution in [0.5, 0.6) is 0 Å². The van der Waals surface area contributed by atoms with Gasteiger partial charge < -0.3 is 17.2 Å². The van der Waals surface area contributed by atoms with Crippen LogP contribution in [0.1, 0.15) is 0 Å². The highest BCUT2D eigenvalue weighted by atomic mass is 16.5. The van der Waals surface area contributed by atoms with Crippen molar-refractivity contribution in [3.63, 3.8) is 0 Å². The number of nitrogen functional groups attached to an aromatic ring is 3. The Balaban J connectivity index is 2.04. The highest BCUT2D eigenvalue weighted by Gasteiger charge is 2.30. The van der Waals surface area contributed by atoms with E-state index >= 15 is 0 Å². The summed E-state index contributed by atoms with van der Waals surface area (Å²) in [4.78, 5) is 0. The molecular formula is C15H18N9O3+3. The Labute approximate surface area is 152 Å². The van der Waals surface area contributed by atoms with Gasteiger partial charge in [0.05, 0.1) is 16.7 Å². The Morgan fingerprint density at radius 1 is 0.593 bits per heavy atom. The topological polar surface area (TPSA) is 168 Å². The molecule has 4 aromatic rings. The van der Waals surface area contributed by atoms with Crippen LogP contribution in [0, 0.1) is 0 Å². The van der Waals surface area contributed by atoms with Crippen molar-refractivity contribution in [3.05, 3.63) is 18.2 Å². The number of hydrogen-bond donors (Lipinski definition) is 3. The molecule has 0 aliphatic carbocycles. The van der Waals surface area contributed by atoms with Crippen molar-refractivity contribution in [2.45, 2.75) is 0 Å². The molecule has 12 nitrogen and oxygen atoms in total. The Morgan fingerprint density at radius 2 is 0.852 bits per heavy atom. The summed E-state index contributed by atoms with van der Waals surface area (Å²) >= 11 is 0. The van der Waals surface area contributed by atoms with Crippen LogP contribution in [-0.4, -0.2) is 15.8 Å². The normalized spacial score (nSPS) is 11.2. The minimum absolute atomic E-state index is 0.172. The first-order chi connectivity index (χ1) is 12.9. The van der Waals surface area contributed by atoms with Crippen LogP contribution in [0.4, 0.5) is 17.7 Å². The van der Waals surface area contributed by atoms with Crippen LogP contribution in [0.2, 0.25) is 0 Å². The predicted molar refractivity (Wildman–Crippen MR) is 89.7 cm³/mol. The third kappa shape index (κ3) is 2.54. The van der Waals surface area contributed by atoms with Gasteiger partial charge in [-0.25, -0.2) is 0 Å². The van der Waals surface area contributed by atoms with Crippen molar-refractivity contribution in [2.24, 2.45) is 21.1 Å². The van der Waals surface area contributed by atoms with Crippen LogP contribution in [-0.2, 0) is 21.1 Å². The fourth-order valence-electron chi connectivity index (χ4n) is 3.07. The standard InChI is InChI=1S/C15H18N9O3/c1-22-10(13(16)25-19-22)7-4-8(11-14(17)26-20-23(11)2)6-9(5-7)12-15(18)27-21-24(12)3/h4-6H,16-18H2,1-3H3/q+3. The van der Waals surface area contributed by atoms with Gasteiger partial charge in [0, 0.05) is 0 Å². The fraction of sp³-hybridized carbons (Fsp3) is 0.200. The number of nitrogens with zero attached hydrogens (tertiary/aromatic N) is 6. The lowest BCUT2D eigenvalue weighted by molar-refractivity contribution is -0.730. The van der Waals surface area contributed by atoms with Crippen molar-refractivity contribution in [3.8, 4) is 33.8 Å². The number of nitrogens with two attached hydrogens (primary N) is 3. The van der Waals surface area contributed by atoms with E-state index in [-0.39, 0.29) is 17.7 Å². The summed E-state index contributed by atoms with van der Waals surface area (Å²) < 4.78 is 19.8. The molecule has 3 heterocycles. The molecule has 0 aliphatic rings. The number of anilines is 3. The molecule has 0 atom stereocenters. The molecular weight excluding hydrogens is 354 g/mol. The molecule has 6 N–H and O–H groups in total. The van der Waals surface area contributed by atoms with E-state index in [1.807, 2.05) is 18.2 Å². The Hall–Kier alpha value is -3.96. The molecule has 3 aromatic heterocycles. The second-order valence-electron chi connectivity index (χ2n) is 6.03. The van der Waals surface area contributed by atoms with Gasteiger partial charge in [0.2, 0.25) is 15.8 Å². The zero-order valence-electron chi connectivity index (χ0n) is 14.9. The summed E-state index contributed by atoms with van der Waals surface area (Å²) in [6, 6.07) is 5.62. The van der Waals surface area contributed by atoms with Crippen LogP contribution in [0.15, 0.2) is 31.8 Å². The minimum atomic E-state index is 0.172. The molecule has 0 bridgehead atoms. The lowest BCUT2D eigenvalue weighted by Gasteiger charge is -2.02. The monoisotopic (exact) mass is 372 g/mol. The van der Waals surface area contributed by atoms with Gasteiger partial charge in [0.15, 0.2) is 21.1 Å². The fourth-order valence-corrected chi connectivity index (χ4v) is 3.07. The quantitative estimate of drug-likeness (QED) is 0.377. The summed E-state index contributed by atoms with van der Waals surface area (Å²) in [7, 11) is 5.18. The first kappa shape index (κ1) is 16.5. The molecule has 0 radical (unpaired) electrons. The SMILES string of the molecule is C[n+]1noc(N)c1-c1cc(-c2c(N)on[n+]2C)cc(-c2c(N)on[n+]2C)c1. The summed E-state index contributed by atoms with van der Waals surface area (Å²) in [5, 5.41) is 11.5. The van der Waals surface area contributed by atoms with E-state index in [1.54, 1.807) is 21.1 Å². The van der Waals surface area contributed by atoms with E-state index in [9.17, 15) is 0 Å². The van der Waals surface area contributed by atoms with E-state index in [0.717, 1.165) is 16.7 Å². The average molecular weight is 372 g/mol. The van der Waals surface area contributed by atoms with E-state index in [0.29, 0.717) is 17.1 Å². The lowest BCUT2D eigenvalue weighted by Crippen LogP contribution is -2.33. The molecule has 0 spiro atoms. The van der Waals surface area contributed by atoms with E-state index in [2.05, 4.69) is 15.8 Å². The van der Waals surface area contributed by atoms with Crippen molar-refractivity contribution in [2.75, 3.05) is 17.2 Å². The second-order valence-corrected chi connectivity index (χ2v) is 6.03. The Kier molecular flexibility index (Phi) is 3.54. The van der Waals surface area contributed by atoms with Crippen LogP contribution >= 0.6 is 0 Å². The van der Waals surface area contributed by atoms with E-state index in [4.69, 9.17) is 30.8 Å². The largest absolute Gasteiger partial charge is 0.362 e. The summed E-state index contributed by atoms with van der Waals surface area (Å²) in [5.41, 5.74) is 21.8. The molecule has 0 aliphatic heterocycles. The van der Waals surface area contributed by atoms with Crippen LogP contribution in [0.3, 0.4) is 0 Å². The maximum absolute atomic E-state index is 5.96. The molecule has 0 amide bonds. The predicted octanol–water partition coefficient (Wildman–Crippen LogP) is -1.13. The first-order valence-corrected chi connectivity index (χ1v) is 7.87. The van der Waals surface area contributed by atoms with Crippen molar-refractivity contribution >= 4 is 17.7 Å². The summed E-state index contributed by atoms with van der Waals surface area (Å²) in [6.45, 7) is 0. The summed E-state index contributed by atoms with van der Waals surface area (Å²) in [5.74, 6) is 0.516. The van der Waals surface area contributed by atoms with Crippen molar-refractivity contribution in [1.82, 2.24) is 15.8 Å². The van der Waals surface area contributed by atoms with Crippen molar-refractivity contribution < 1.29 is 27.6 Å². The molecule has 4 rings (SSSR count). The van der Waals surface area contributed by atoms with Gasteiger partial charge in [-0.3, -0.25) is 13.6 Å². The maximum Gasteiger partial charge on any atom is 0.304 e. The van der Waals surface area contributed by atoms with Gasteiger partial charge in [0.1, 0.15) is 0 Å². The molecule has 27 heavy (non-hydrogen) atoms. The molecule has 0 saturated heterocycles. The van der Waals surface area contributed by atoms with Gasteiger partial charge in [-0.05, 0) is 32.2 Å². The third-order valence-corrected chi connectivity index (χ3v) is 4.21. The average Bonchev–Trinajstić information content (AvgIpc) is 3.25. The first-order valence-electron chi connectivity index (χ1n) is 7.87. The highest BCUT2D eigenvalue weighted by molar-refractivity contribution is 5.81. The molecule has 0 unspecified atom stereocenters. The molecule has 12 heteroatoms. The summed E-state index contributed by atoms with van der Waals surface area (Å²) in [6.07, 6.45) is 0. The molecule has 138 valence electrons. The molecule has 1 aromatic carbocycles. The van der Waals surface area contributed by atoms with E-state index in [1.165, 1.54) is 14.0 Å². The zero-order valence-corrected chi connectivity index (χ0v) is 14.9. The highest BCUT2D eigenvalue weighted by Crippen LogP contribution is 2.34. The number of benzene rings is 1. The third-order valence-electron chi connectivity index (χ3n) is 4.21. The Bertz CT molecular complexity index is 944.